The Morgan fingerprint density at radius 3 is 2.58 bits per heavy atom. The van der Waals surface area contributed by atoms with Crippen LogP contribution in [-0.4, -0.2) is 44.0 Å². The lowest BCUT2D eigenvalue weighted by Crippen LogP contribution is -2.42. The predicted octanol–water partition coefficient (Wildman–Crippen LogP) is 1.61. The summed E-state index contributed by atoms with van der Waals surface area (Å²) in [6.07, 6.45) is 0.360. The van der Waals surface area contributed by atoms with Gasteiger partial charge in [-0.1, -0.05) is 24.3 Å². The highest BCUT2D eigenvalue weighted by atomic mass is 16.6. The lowest BCUT2D eigenvalue weighted by Gasteiger charge is -2.26. The number of benzene rings is 2. The molecule has 7 heteroatoms. The number of hydrogen-bond donors (Lipinski definition) is 1. The van der Waals surface area contributed by atoms with E-state index in [1.165, 1.54) is 24.3 Å². The van der Waals surface area contributed by atoms with E-state index in [1.807, 2.05) is 18.2 Å². The van der Waals surface area contributed by atoms with Gasteiger partial charge in [0, 0.05) is 5.56 Å². The molecule has 0 spiro atoms. The monoisotopic (exact) mass is 355 g/mol. The van der Waals surface area contributed by atoms with Crippen LogP contribution in [0, 0.1) is 0 Å². The average molecular weight is 355 g/mol. The Labute approximate surface area is 149 Å². The van der Waals surface area contributed by atoms with Crippen LogP contribution in [0.15, 0.2) is 48.5 Å². The van der Waals surface area contributed by atoms with Crippen LogP contribution < -0.4 is 14.8 Å². The number of carbonyl (C=O) groups excluding carboxylic acids is 3. The summed E-state index contributed by atoms with van der Waals surface area (Å²) in [6.45, 7) is 0.150. The normalized spacial score (nSPS) is 15.0. The highest BCUT2D eigenvalue weighted by molar-refractivity contribution is 5.92. The van der Waals surface area contributed by atoms with Crippen molar-refractivity contribution in [3.8, 4) is 11.5 Å². The van der Waals surface area contributed by atoms with Gasteiger partial charge in [0.15, 0.2) is 18.1 Å². The van der Waals surface area contributed by atoms with Crippen LogP contribution in [0.1, 0.15) is 20.7 Å². The molecule has 1 aliphatic rings. The number of rotatable bonds is 6. The first-order valence-corrected chi connectivity index (χ1v) is 8.03. The van der Waals surface area contributed by atoms with Crippen molar-refractivity contribution in [1.82, 2.24) is 5.32 Å². The van der Waals surface area contributed by atoms with Gasteiger partial charge in [0.05, 0.1) is 12.1 Å². The molecule has 0 saturated carbocycles. The zero-order valence-electron chi connectivity index (χ0n) is 13.8. The highest BCUT2D eigenvalue weighted by Gasteiger charge is 2.21. The van der Waals surface area contributed by atoms with E-state index in [1.54, 1.807) is 6.07 Å². The van der Waals surface area contributed by atoms with E-state index < -0.39 is 18.5 Å². The SMILES string of the molecule is O=Cc1ccc(C(=O)OCC(=O)NCC2COc3ccccc3O2)cc1. The van der Waals surface area contributed by atoms with Crippen molar-refractivity contribution in [1.29, 1.82) is 0 Å². The second kappa shape index (κ2) is 8.15. The van der Waals surface area contributed by atoms with Crippen molar-refractivity contribution < 1.29 is 28.6 Å². The first-order chi connectivity index (χ1) is 12.7. The molecule has 0 radical (unpaired) electrons. The van der Waals surface area contributed by atoms with Gasteiger partial charge in [-0.05, 0) is 24.3 Å². The maximum atomic E-state index is 11.9. The molecule has 7 nitrogen and oxygen atoms in total. The molecule has 0 fully saturated rings. The summed E-state index contributed by atoms with van der Waals surface area (Å²) in [7, 11) is 0. The van der Waals surface area contributed by atoms with Gasteiger partial charge in [-0.25, -0.2) is 4.79 Å². The summed E-state index contributed by atoms with van der Waals surface area (Å²) in [5, 5.41) is 2.64. The maximum Gasteiger partial charge on any atom is 0.338 e. The minimum absolute atomic E-state index is 0.235. The fraction of sp³-hybridized carbons (Fsp3) is 0.211. The van der Waals surface area contributed by atoms with E-state index >= 15 is 0 Å². The topological polar surface area (TPSA) is 90.9 Å². The second-order valence-electron chi connectivity index (χ2n) is 5.62. The number of nitrogens with one attached hydrogen (secondary N) is 1. The van der Waals surface area contributed by atoms with E-state index in [0.29, 0.717) is 30.0 Å². The van der Waals surface area contributed by atoms with Crippen molar-refractivity contribution in [3.05, 3.63) is 59.7 Å². The average Bonchev–Trinajstić information content (AvgIpc) is 2.70. The zero-order valence-corrected chi connectivity index (χ0v) is 13.8. The van der Waals surface area contributed by atoms with E-state index in [9.17, 15) is 14.4 Å². The Morgan fingerprint density at radius 2 is 1.85 bits per heavy atom. The molecule has 1 N–H and O–H groups in total. The lowest BCUT2D eigenvalue weighted by atomic mass is 10.1. The molecule has 0 aliphatic carbocycles. The fourth-order valence-corrected chi connectivity index (χ4v) is 2.35. The molecular formula is C19H17NO6. The lowest BCUT2D eigenvalue weighted by molar-refractivity contribution is -0.124. The molecule has 2 aromatic carbocycles. The van der Waals surface area contributed by atoms with Crippen molar-refractivity contribution in [2.45, 2.75) is 6.10 Å². The summed E-state index contributed by atoms with van der Waals surface area (Å²) >= 11 is 0. The van der Waals surface area contributed by atoms with Crippen molar-refractivity contribution in [2.24, 2.45) is 0 Å². The van der Waals surface area contributed by atoms with Gasteiger partial charge in [0.1, 0.15) is 19.0 Å². The Bertz CT molecular complexity index is 802. The van der Waals surface area contributed by atoms with Crippen LogP contribution in [-0.2, 0) is 9.53 Å². The number of para-hydroxylation sites is 2. The molecule has 1 heterocycles. The molecule has 1 aliphatic heterocycles. The van der Waals surface area contributed by atoms with Crippen LogP contribution >= 0.6 is 0 Å². The van der Waals surface area contributed by atoms with Gasteiger partial charge in [0.2, 0.25) is 0 Å². The molecule has 2 aromatic rings. The molecule has 3 rings (SSSR count). The van der Waals surface area contributed by atoms with Gasteiger partial charge >= 0.3 is 5.97 Å². The van der Waals surface area contributed by atoms with Gasteiger partial charge in [0.25, 0.3) is 5.91 Å². The molecule has 1 amide bonds. The van der Waals surface area contributed by atoms with Gasteiger partial charge in [-0.2, -0.15) is 0 Å². The van der Waals surface area contributed by atoms with Gasteiger partial charge < -0.3 is 19.5 Å². The van der Waals surface area contributed by atoms with Crippen LogP contribution in [0.5, 0.6) is 11.5 Å². The molecule has 134 valence electrons. The minimum atomic E-state index is -0.635. The third-order valence-corrected chi connectivity index (χ3v) is 3.71. The number of hydrogen-bond acceptors (Lipinski definition) is 6. The molecule has 26 heavy (non-hydrogen) atoms. The smallest absolute Gasteiger partial charge is 0.338 e. The van der Waals surface area contributed by atoms with Crippen LogP contribution in [0.4, 0.5) is 0 Å². The molecule has 1 atom stereocenters. The predicted molar refractivity (Wildman–Crippen MR) is 91.5 cm³/mol. The minimum Gasteiger partial charge on any atom is -0.486 e. The largest absolute Gasteiger partial charge is 0.486 e. The Kier molecular flexibility index (Phi) is 5.48. The Balaban J connectivity index is 1.41. The maximum absolute atomic E-state index is 11.9. The van der Waals surface area contributed by atoms with Crippen LogP contribution in [0.2, 0.25) is 0 Å². The summed E-state index contributed by atoms with van der Waals surface area (Å²) in [4.78, 5) is 34.3. The summed E-state index contributed by atoms with van der Waals surface area (Å²) in [5.41, 5.74) is 0.722. The summed E-state index contributed by atoms with van der Waals surface area (Å²) in [6, 6.07) is 13.2. The fourth-order valence-electron chi connectivity index (χ4n) is 2.35. The summed E-state index contributed by atoms with van der Waals surface area (Å²) < 4.78 is 16.2. The summed E-state index contributed by atoms with van der Waals surface area (Å²) in [5.74, 6) is 0.224. The van der Waals surface area contributed by atoms with E-state index in [2.05, 4.69) is 5.32 Å². The van der Waals surface area contributed by atoms with Crippen molar-refractivity contribution >= 4 is 18.2 Å². The highest BCUT2D eigenvalue weighted by Crippen LogP contribution is 2.30. The number of fused-ring (bicyclic) bond motifs is 1. The standard InChI is InChI=1S/C19H17NO6/c21-10-13-5-7-14(8-6-13)19(23)25-12-18(22)20-9-15-11-24-16-3-1-2-4-17(16)26-15/h1-8,10,15H,9,11-12H2,(H,20,22). The van der Waals surface area contributed by atoms with Crippen molar-refractivity contribution in [3.63, 3.8) is 0 Å². The van der Waals surface area contributed by atoms with Gasteiger partial charge in [-0.3, -0.25) is 9.59 Å². The molecular weight excluding hydrogens is 338 g/mol. The molecule has 1 unspecified atom stereocenters. The first-order valence-electron chi connectivity index (χ1n) is 8.03. The molecule has 0 bridgehead atoms. The Morgan fingerprint density at radius 1 is 1.12 bits per heavy atom. The first kappa shape index (κ1) is 17.5. The second-order valence-corrected chi connectivity index (χ2v) is 5.62. The van der Waals surface area contributed by atoms with Gasteiger partial charge in [-0.15, -0.1) is 0 Å². The number of esters is 1. The molecule has 0 saturated heterocycles. The van der Waals surface area contributed by atoms with Crippen LogP contribution in [0.3, 0.4) is 0 Å². The third-order valence-electron chi connectivity index (χ3n) is 3.71. The number of aldehydes is 1. The zero-order chi connectivity index (χ0) is 18.4. The number of carbonyl (C=O) groups is 3. The Hall–Kier alpha value is -3.35. The van der Waals surface area contributed by atoms with E-state index in [4.69, 9.17) is 14.2 Å². The van der Waals surface area contributed by atoms with E-state index in [0.717, 1.165) is 0 Å². The van der Waals surface area contributed by atoms with Crippen LogP contribution in [0.25, 0.3) is 0 Å². The number of amides is 1. The number of ether oxygens (including phenoxy) is 3. The molecule has 0 aromatic heterocycles. The third kappa shape index (κ3) is 4.38. The quantitative estimate of drug-likeness (QED) is 0.625. The van der Waals surface area contributed by atoms with E-state index in [-0.39, 0.29) is 18.2 Å². The van der Waals surface area contributed by atoms with Crippen molar-refractivity contribution in [2.75, 3.05) is 19.8 Å².